The van der Waals surface area contributed by atoms with Gasteiger partial charge in [-0.2, -0.15) is 0 Å². The lowest BCUT2D eigenvalue weighted by atomic mass is 10.1. The second-order valence-corrected chi connectivity index (χ2v) is 6.75. The minimum absolute atomic E-state index is 0.0140. The first-order valence-electron chi connectivity index (χ1n) is 9.51. The molecule has 150 valence electrons. The highest BCUT2D eigenvalue weighted by molar-refractivity contribution is 6.05. The van der Waals surface area contributed by atoms with Crippen LogP contribution < -0.4 is 15.8 Å². The van der Waals surface area contributed by atoms with E-state index in [1.165, 1.54) is 5.56 Å². The normalized spacial score (nSPS) is 10.7. The van der Waals surface area contributed by atoms with Gasteiger partial charge < -0.3 is 15.8 Å². The first-order valence-corrected chi connectivity index (χ1v) is 9.51. The Morgan fingerprint density at radius 2 is 1.70 bits per heavy atom. The zero-order valence-electron chi connectivity index (χ0n) is 16.5. The number of hydrogen-bond acceptors (Lipinski definition) is 6. The molecule has 30 heavy (non-hydrogen) atoms. The molecule has 0 bridgehead atoms. The lowest BCUT2D eigenvalue weighted by Crippen LogP contribution is -2.25. The van der Waals surface area contributed by atoms with E-state index in [-0.39, 0.29) is 24.1 Å². The maximum Gasteiger partial charge on any atom is 0.271 e. The quantitative estimate of drug-likeness (QED) is 0.516. The van der Waals surface area contributed by atoms with Gasteiger partial charge in [0.1, 0.15) is 17.0 Å². The summed E-state index contributed by atoms with van der Waals surface area (Å²) in [6.07, 6.45) is 0.732. The van der Waals surface area contributed by atoms with E-state index in [2.05, 4.69) is 32.4 Å². The molecule has 0 spiro atoms. The molecule has 2 aromatic carbocycles. The molecule has 0 atom stereocenters. The SMILES string of the molecule is COc1cccc2c(C(=O)NCc3cccc(Cc4ccccc4)n3)nc(N)nc12. The minimum atomic E-state index is -0.349. The monoisotopic (exact) mass is 399 g/mol. The molecule has 0 saturated carbocycles. The molecule has 0 aliphatic heterocycles. The number of nitrogens with zero attached hydrogens (tertiary/aromatic N) is 3. The summed E-state index contributed by atoms with van der Waals surface area (Å²) in [4.78, 5) is 25.8. The van der Waals surface area contributed by atoms with Gasteiger partial charge in [-0.05, 0) is 23.8 Å². The molecule has 0 saturated heterocycles. The van der Waals surface area contributed by atoms with Crippen LogP contribution in [-0.2, 0) is 13.0 Å². The van der Waals surface area contributed by atoms with E-state index in [4.69, 9.17) is 10.5 Å². The number of rotatable bonds is 6. The summed E-state index contributed by atoms with van der Waals surface area (Å²) in [5, 5.41) is 3.45. The molecule has 1 amide bonds. The number of para-hydroxylation sites is 1. The van der Waals surface area contributed by atoms with E-state index in [0.29, 0.717) is 16.7 Å². The predicted molar refractivity (Wildman–Crippen MR) is 115 cm³/mol. The largest absolute Gasteiger partial charge is 0.494 e. The van der Waals surface area contributed by atoms with E-state index in [0.717, 1.165) is 17.8 Å². The molecule has 2 aromatic heterocycles. The van der Waals surface area contributed by atoms with Crippen molar-refractivity contribution in [3.8, 4) is 5.75 Å². The fraction of sp³-hybridized carbons (Fsp3) is 0.130. The number of fused-ring (bicyclic) bond motifs is 1. The lowest BCUT2D eigenvalue weighted by molar-refractivity contribution is 0.0947. The van der Waals surface area contributed by atoms with Crippen molar-refractivity contribution in [2.24, 2.45) is 0 Å². The Morgan fingerprint density at radius 3 is 2.50 bits per heavy atom. The molecule has 0 unspecified atom stereocenters. The maximum atomic E-state index is 12.8. The summed E-state index contributed by atoms with van der Waals surface area (Å²) in [5.74, 6) is 0.198. The van der Waals surface area contributed by atoms with Gasteiger partial charge in [-0.25, -0.2) is 9.97 Å². The Morgan fingerprint density at radius 1 is 0.933 bits per heavy atom. The second-order valence-electron chi connectivity index (χ2n) is 6.75. The molecule has 0 radical (unpaired) electrons. The molecule has 2 heterocycles. The standard InChI is InChI=1S/C23H21N5O2/c1-30-19-12-6-11-18-20(19)27-23(24)28-21(18)22(29)25-14-17-10-5-9-16(26-17)13-15-7-3-2-4-8-15/h2-12H,13-14H2,1H3,(H,25,29)(H2,24,27,28). The van der Waals surface area contributed by atoms with Crippen LogP contribution >= 0.6 is 0 Å². The zero-order valence-corrected chi connectivity index (χ0v) is 16.5. The van der Waals surface area contributed by atoms with Crippen LogP contribution in [0.3, 0.4) is 0 Å². The van der Waals surface area contributed by atoms with Crippen LogP contribution in [0.5, 0.6) is 5.75 Å². The number of nitrogen functional groups attached to an aromatic ring is 1. The van der Waals surface area contributed by atoms with Crippen molar-refractivity contribution in [3.05, 3.63) is 89.4 Å². The molecule has 3 N–H and O–H groups in total. The number of aromatic nitrogens is 3. The molecule has 7 nitrogen and oxygen atoms in total. The van der Waals surface area contributed by atoms with Crippen LogP contribution in [0.4, 0.5) is 5.95 Å². The smallest absolute Gasteiger partial charge is 0.271 e. The number of nitrogens with one attached hydrogen (secondary N) is 1. The average molecular weight is 399 g/mol. The third kappa shape index (κ3) is 4.20. The Hall–Kier alpha value is -4.00. The van der Waals surface area contributed by atoms with Gasteiger partial charge >= 0.3 is 0 Å². The van der Waals surface area contributed by atoms with E-state index < -0.39 is 0 Å². The van der Waals surface area contributed by atoms with E-state index >= 15 is 0 Å². The van der Waals surface area contributed by atoms with Crippen molar-refractivity contribution in [3.63, 3.8) is 0 Å². The lowest BCUT2D eigenvalue weighted by Gasteiger charge is -2.10. The Balaban J connectivity index is 1.52. The fourth-order valence-electron chi connectivity index (χ4n) is 3.27. The van der Waals surface area contributed by atoms with Gasteiger partial charge in [0.25, 0.3) is 5.91 Å². The van der Waals surface area contributed by atoms with Crippen molar-refractivity contribution in [1.29, 1.82) is 0 Å². The second kappa shape index (κ2) is 8.57. The summed E-state index contributed by atoms with van der Waals surface area (Å²) in [7, 11) is 1.54. The highest BCUT2D eigenvalue weighted by Gasteiger charge is 2.16. The number of hydrogen-bond donors (Lipinski definition) is 2. The Labute approximate surface area is 174 Å². The van der Waals surface area contributed by atoms with E-state index in [1.807, 2.05) is 36.4 Å². The van der Waals surface area contributed by atoms with Gasteiger partial charge in [0.15, 0.2) is 0 Å². The van der Waals surface area contributed by atoms with Crippen LogP contribution in [0.2, 0.25) is 0 Å². The summed E-state index contributed by atoms with van der Waals surface area (Å²) < 4.78 is 5.32. The van der Waals surface area contributed by atoms with Crippen LogP contribution in [0.25, 0.3) is 10.9 Å². The summed E-state index contributed by atoms with van der Waals surface area (Å²) in [6.45, 7) is 0.275. The topological polar surface area (TPSA) is 103 Å². The number of benzene rings is 2. The molecule has 0 fully saturated rings. The molecular formula is C23H21N5O2. The van der Waals surface area contributed by atoms with Crippen molar-refractivity contribution in [2.45, 2.75) is 13.0 Å². The van der Waals surface area contributed by atoms with Gasteiger partial charge in [0, 0.05) is 17.5 Å². The van der Waals surface area contributed by atoms with Crippen LogP contribution in [0, 0.1) is 0 Å². The number of amides is 1. The summed E-state index contributed by atoms with van der Waals surface area (Å²) in [6, 6.07) is 21.2. The van der Waals surface area contributed by atoms with Crippen LogP contribution in [0.15, 0.2) is 66.7 Å². The van der Waals surface area contributed by atoms with E-state index in [1.54, 1.807) is 25.3 Å². The number of carbonyl (C=O) groups excluding carboxylic acids is 1. The van der Waals surface area contributed by atoms with Crippen molar-refractivity contribution in [2.75, 3.05) is 12.8 Å². The molecule has 0 aliphatic carbocycles. The number of pyridine rings is 1. The van der Waals surface area contributed by atoms with Crippen molar-refractivity contribution < 1.29 is 9.53 Å². The first-order chi connectivity index (χ1) is 14.6. The third-order valence-electron chi connectivity index (χ3n) is 4.66. The van der Waals surface area contributed by atoms with Gasteiger partial charge in [0.05, 0.1) is 19.3 Å². The highest BCUT2D eigenvalue weighted by Crippen LogP contribution is 2.26. The van der Waals surface area contributed by atoms with Gasteiger partial charge in [-0.1, -0.05) is 48.5 Å². The van der Waals surface area contributed by atoms with Gasteiger partial charge in [-0.3, -0.25) is 9.78 Å². The first kappa shape index (κ1) is 19.3. The van der Waals surface area contributed by atoms with E-state index in [9.17, 15) is 4.79 Å². The molecular weight excluding hydrogens is 378 g/mol. The summed E-state index contributed by atoms with van der Waals surface area (Å²) >= 11 is 0. The number of nitrogens with two attached hydrogens (primary N) is 1. The number of ether oxygens (including phenoxy) is 1. The molecule has 0 aliphatic rings. The predicted octanol–water partition coefficient (Wildman–Crippen LogP) is 3.14. The van der Waals surface area contributed by atoms with Gasteiger partial charge in [-0.15, -0.1) is 0 Å². The van der Waals surface area contributed by atoms with Crippen molar-refractivity contribution in [1.82, 2.24) is 20.3 Å². The van der Waals surface area contributed by atoms with Crippen molar-refractivity contribution >= 4 is 22.8 Å². The van der Waals surface area contributed by atoms with Crippen LogP contribution in [-0.4, -0.2) is 28.0 Å². The average Bonchev–Trinajstić information content (AvgIpc) is 2.77. The Bertz CT molecular complexity index is 1190. The molecule has 4 aromatic rings. The maximum absolute atomic E-state index is 12.8. The zero-order chi connectivity index (χ0) is 20.9. The fourth-order valence-corrected chi connectivity index (χ4v) is 3.27. The van der Waals surface area contributed by atoms with Gasteiger partial charge in [0.2, 0.25) is 5.95 Å². The highest BCUT2D eigenvalue weighted by atomic mass is 16.5. The minimum Gasteiger partial charge on any atom is -0.494 e. The number of anilines is 1. The molecule has 7 heteroatoms. The number of methoxy groups -OCH3 is 1. The number of carbonyl (C=O) groups is 1. The van der Waals surface area contributed by atoms with Crippen LogP contribution in [0.1, 0.15) is 27.4 Å². The Kier molecular flexibility index (Phi) is 5.52. The third-order valence-corrected chi connectivity index (χ3v) is 4.66. The summed E-state index contributed by atoms with van der Waals surface area (Å²) in [5.41, 5.74) is 9.41. The molecule has 4 rings (SSSR count).